The van der Waals surface area contributed by atoms with E-state index in [-0.39, 0.29) is 32.7 Å². The molecule has 0 atom stereocenters. The van der Waals surface area contributed by atoms with Crippen LogP contribution < -0.4 is 10.1 Å². The highest BCUT2D eigenvalue weighted by atomic mass is 35.5. The number of carbonyl (C=O) groups excluding carboxylic acids is 1. The van der Waals surface area contributed by atoms with Gasteiger partial charge in [-0.3, -0.25) is 4.79 Å². The van der Waals surface area contributed by atoms with Gasteiger partial charge in [0.25, 0.3) is 5.91 Å². The molecule has 192 valence electrons. The lowest BCUT2D eigenvalue weighted by Crippen LogP contribution is -2.17. The highest BCUT2D eigenvalue weighted by Crippen LogP contribution is 2.35. The maximum Gasteiger partial charge on any atom is 0.573 e. The van der Waals surface area contributed by atoms with Gasteiger partial charge in [0, 0.05) is 16.8 Å². The highest BCUT2D eigenvalue weighted by Gasteiger charge is 2.35. The van der Waals surface area contributed by atoms with Crippen molar-refractivity contribution in [1.29, 1.82) is 0 Å². The van der Waals surface area contributed by atoms with Gasteiger partial charge in [-0.2, -0.15) is 18.3 Å². The van der Waals surface area contributed by atoms with Crippen LogP contribution in [0.4, 0.5) is 32.0 Å². The van der Waals surface area contributed by atoms with Gasteiger partial charge in [-0.05, 0) is 48.5 Å². The van der Waals surface area contributed by atoms with Crippen LogP contribution in [0.2, 0.25) is 10.0 Å². The molecule has 37 heavy (non-hydrogen) atoms. The molecule has 4 rings (SSSR count). The Morgan fingerprint density at radius 3 is 2.14 bits per heavy atom. The van der Waals surface area contributed by atoms with Crippen LogP contribution in [0.25, 0.3) is 16.9 Å². The number of alkyl halides is 6. The monoisotopic (exact) mass is 559 g/mol. The van der Waals surface area contributed by atoms with Crippen LogP contribution in [0.3, 0.4) is 0 Å². The summed E-state index contributed by atoms with van der Waals surface area (Å²) in [5.74, 6) is -1.27. The Bertz CT molecular complexity index is 1450. The minimum Gasteiger partial charge on any atom is -0.404 e. The van der Waals surface area contributed by atoms with Gasteiger partial charge in [-0.1, -0.05) is 47.5 Å². The standard InChI is InChI=1S/C24H13Cl2F6N3O2/c25-16-3-1-2-4-18(16)35-19(12-21(34-35)23(27,28)29)13-5-7-14(8-6-13)22(36)33-15-9-10-20(17(26)11-15)37-24(30,31)32/h1-12H,(H,33,36). The molecule has 4 aromatic rings. The van der Waals surface area contributed by atoms with Crippen molar-refractivity contribution < 1.29 is 35.9 Å². The maximum atomic E-state index is 13.4. The topological polar surface area (TPSA) is 56.1 Å². The predicted molar refractivity (Wildman–Crippen MR) is 125 cm³/mol. The van der Waals surface area contributed by atoms with Crippen molar-refractivity contribution in [3.05, 3.63) is 94.1 Å². The third-order valence-corrected chi connectivity index (χ3v) is 5.55. The number of halogens is 8. The van der Waals surface area contributed by atoms with E-state index in [9.17, 15) is 31.1 Å². The molecule has 0 bridgehead atoms. The highest BCUT2D eigenvalue weighted by molar-refractivity contribution is 6.32. The quantitative estimate of drug-likeness (QED) is 0.252. The van der Waals surface area contributed by atoms with Crippen LogP contribution in [-0.2, 0) is 6.18 Å². The molecule has 0 aliphatic carbocycles. The number of rotatable bonds is 5. The molecule has 0 fully saturated rings. The molecule has 0 unspecified atom stereocenters. The average molecular weight is 560 g/mol. The summed E-state index contributed by atoms with van der Waals surface area (Å²) in [5, 5.41) is 5.95. The van der Waals surface area contributed by atoms with Gasteiger partial charge in [-0.25, -0.2) is 4.68 Å². The van der Waals surface area contributed by atoms with Crippen LogP contribution in [0.15, 0.2) is 72.8 Å². The molecule has 1 N–H and O–H groups in total. The summed E-state index contributed by atoms with van der Waals surface area (Å²) in [6, 6.07) is 15.9. The van der Waals surface area contributed by atoms with Crippen molar-refractivity contribution in [2.24, 2.45) is 0 Å². The van der Waals surface area contributed by atoms with E-state index in [4.69, 9.17) is 23.2 Å². The first-order valence-electron chi connectivity index (χ1n) is 10.2. The second-order valence-electron chi connectivity index (χ2n) is 7.50. The summed E-state index contributed by atoms with van der Waals surface area (Å²) in [6.45, 7) is 0. The summed E-state index contributed by atoms with van der Waals surface area (Å²) in [6.07, 6.45) is -9.64. The summed E-state index contributed by atoms with van der Waals surface area (Å²) < 4.78 is 82.2. The number of amides is 1. The molecule has 0 saturated heterocycles. The zero-order valence-corrected chi connectivity index (χ0v) is 19.7. The fraction of sp³-hybridized carbons (Fsp3) is 0.0833. The molecule has 13 heteroatoms. The average Bonchev–Trinajstić information content (AvgIpc) is 3.26. The SMILES string of the molecule is O=C(Nc1ccc(OC(F)(F)F)c(Cl)c1)c1ccc(-c2cc(C(F)(F)F)nn2-c2ccccc2Cl)cc1. The second-order valence-corrected chi connectivity index (χ2v) is 8.31. The lowest BCUT2D eigenvalue weighted by molar-refractivity contribution is -0.274. The van der Waals surface area contributed by atoms with Crippen LogP contribution in [0.1, 0.15) is 16.1 Å². The molecular weight excluding hydrogens is 547 g/mol. The zero-order chi connectivity index (χ0) is 27.0. The zero-order valence-electron chi connectivity index (χ0n) is 18.2. The minimum atomic E-state index is -4.93. The first kappa shape index (κ1) is 26.4. The van der Waals surface area contributed by atoms with Gasteiger partial charge >= 0.3 is 12.5 Å². The van der Waals surface area contributed by atoms with E-state index < -0.39 is 29.9 Å². The molecule has 0 spiro atoms. The largest absolute Gasteiger partial charge is 0.573 e. The van der Waals surface area contributed by atoms with Crippen LogP contribution >= 0.6 is 23.2 Å². The summed E-state index contributed by atoms with van der Waals surface area (Å²) in [4.78, 5) is 12.6. The molecule has 1 aromatic heterocycles. The predicted octanol–water partition coefficient (Wildman–Crippen LogP) is 8.02. The Hall–Kier alpha value is -3.70. The van der Waals surface area contributed by atoms with Gasteiger partial charge in [0.05, 0.1) is 21.4 Å². The third kappa shape index (κ3) is 6.17. The van der Waals surface area contributed by atoms with Crippen molar-refractivity contribution in [1.82, 2.24) is 9.78 Å². The van der Waals surface area contributed by atoms with Gasteiger partial charge in [0.1, 0.15) is 5.75 Å². The van der Waals surface area contributed by atoms with Gasteiger partial charge in [0.15, 0.2) is 5.69 Å². The molecule has 3 aromatic carbocycles. The van der Waals surface area contributed by atoms with E-state index in [1.54, 1.807) is 12.1 Å². The molecule has 0 saturated carbocycles. The minimum absolute atomic E-state index is 0.0828. The van der Waals surface area contributed by atoms with Crippen molar-refractivity contribution in [3.8, 4) is 22.7 Å². The van der Waals surface area contributed by atoms with Crippen molar-refractivity contribution in [2.45, 2.75) is 12.5 Å². The molecule has 0 aliphatic heterocycles. The fourth-order valence-corrected chi connectivity index (χ4v) is 3.75. The summed E-state index contributed by atoms with van der Waals surface area (Å²) in [5.41, 5.74) is -0.281. The number of hydrogen-bond acceptors (Lipinski definition) is 3. The van der Waals surface area contributed by atoms with Crippen LogP contribution in [-0.4, -0.2) is 22.1 Å². The van der Waals surface area contributed by atoms with Gasteiger partial charge < -0.3 is 10.1 Å². The number of para-hydroxylation sites is 1. The maximum absolute atomic E-state index is 13.4. The normalized spacial score (nSPS) is 11.9. The number of carbonyl (C=O) groups is 1. The number of nitrogens with zero attached hydrogens (tertiary/aromatic N) is 2. The lowest BCUT2D eigenvalue weighted by Gasteiger charge is -2.12. The Morgan fingerprint density at radius 1 is 0.865 bits per heavy atom. The van der Waals surface area contributed by atoms with E-state index in [1.165, 1.54) is 42.5 Å². The summed E-state index contributed by atoms with van der Waals surface area (Å²) >= 11 is 12.0. The number of ether oxygens (including phenoxy) is 1. The lowest BCUT2D eigenvalue weighted by atomic mass is 10.1. The number of aromatic nitrogens is 2. The number of benzene rings is 3. The Kier molecular flexibility index (Phi) is 7.11. The number of anilines is 1. The molecular formula is C24H13Cl2F6N3O2. The number of nitrogens with one attached hydrogen (secondary N) is 1. The molecule has 5 nitrogen and oxygen atoms in total. The van der Waals surface area contributed by atoms with Gasteiger partial charge in [0.2, 0.25) is 0 Å². The third-order valence-electron chi connectivity index (χ3n) is 4.94. The van der Waals surface area contributed by atoms with Gasteiger partial charge in [-0.15, -0.1) is 13.2 Å². The first-order chi connectivity index (χ1) is 17.3. The van der Waals surface area contributed by atoms with E-state index in [1.807, 2.05) is 0 Å². The van der Waals surface area contributed by atoms with Crippen molar-refractivity contribution >= 4 is 34.8 Å². The van der Waals surface area contributed by atoms with Crippen LogP contribution in [0, 0.1) is 0 Å². The molecule has 0 aliphatic rings. The van der Waals surface area contributed by atoms with Crippen molar-refractivity contribution in [3.63, 3.8) is 0 Å². The fourth-order valence-electron chi connectivity index (χ4n) is 3.31. The van der Waals surface area contributed by atoms with Crippen molar-refractivity contribution in [2.75, 3.05) is 5.32 Å². The second kappa shape index (κ2) is 9.98. The van der Waals surface area contributed by atoms with E-state index >= 15 is 0 Å². The Balaban J connectivity index is 1.59. The molecule has 0 radical (unpaired) electrons. The molecule has 1 amide bonds. The van der Waals surface area contributed by atoms with E-state index in [0.29, 0.717) is 5.56 Å². The molecule has 1 heterocycles. The first-order valence-corrected chi connectivity index (χ1v) is 11.0. The Morgan fingerprint density at radius 2 is 1.54 bits per heavy atom. The summed E-state index contributed by atoms with van der Waals surface area (Å²) in [7, 11) is 0. The Labute approximate surface area is 215 Å². The number of hydrogen-bond donors (Lipinski definition) is 1. The van der Waals surface area contributed by atoms with E-state index in [0.717, 1.165) is 22.9 Å². The smallest absolute Gasteiger partial charge is 0.404 e. The van der Waals surface area contributed by atoms with Crippen LogP contribution in [0.5, 0.6) is 5.75 Å². The van der Waals surface area contributed by atoms with E-state index in [2.05, 4.69) is 15.2 Å².